The quantitative estimate of drug-likeness (QED) is 0.637. The molecule has 0 fully saturated rings. The molecule has 2 N–H and O–H groups in total. The van der Waals surface area contributed by atoms with Gasteiger partial charge in [0.25, 0.3) is 11.8 Å². The molecule has 1 heterocycles. The van der Waals surface area contributed by atoms with Crippen molar-refractivity contribution in [3.63, 3.8) is 0 Å². The molecule has 0 unspecified atom stereocenters. The summed E-state index contributed by atoms with van der Waals surface area (Å²) in [6.45, 7) is 0. The van der Waals surface area contributed by atoms with Crippen molar-refractivity contribution in [2.45, 2.75) is 6.18 Å². The van der Waals surface area contributed by atoms with E-state index in [0.29, 0.717) is 11.1 Å². The van der Waals surface area contributed by atoms with E-state index >= 15 is 0 Å². The SMILES string of the molecule is O=C(Nc1cc(NC(=O)c2ccsc2)cc(C(F)(F)F)c1)c1ccccc1. The zero-order chi connectivity index (χ0) is 19.4. The van der Waals surface area contributed by atoms with Crippen LogP contribution in [0.4, 0.5) is 24.5 Å². The monoisotopic (exact) mass is 390 g/mol. The number of amides is 2. The Morgan fingerprint density at radius 2 is 1.41 bits per heavy atom. The summed E-state index contributed by atoms with van der Waals surface area (Å²) in [5.41, 5.74) is -0.469. The number of hydrogen-bond donors (Lipinski definition) is 2. The summed E-state index contributed by atoms with van der Waals surface area (Å²) in [5.74, 6) is -1.08. The third kappa shape index (κ3) is 4.73. The number of benzene rings is 2. The van der Waals surface area contributed by atoms with Crippen LogP contribution in [0.3, 0.4) is 0 Å². The maximum absolute atomic E-state index is 13.2. The van der Waals surface area contributed by atoms with Gasteiger partial charge in [-0.2, -0.15) is 24.5 Å². The molecular formula is C19H13F3N2O2S. The fourth-order valence-corrected chi connectivity index (χ4v) is 2.96. The highest BCUT2D eigenvalue weighted by atomic mass is 32.1. The van der Waals surface area contributed by atoms with E-state index in [1.54, 1.807) is 47.2 Å². The first-order chi connectivity index (χ1) is 12.8. The highest BCUT2D eigenvalue weighted by molar-refractivity contribution is 7.08. The van der Waals surface area contributed by atoms with E-state index in [1.807, 2.05) is 0 Å². The van der Waals surface area contributed by atoms with E-state index in [4.69, 9.17) is 0 Å². The second kappa shape index (κ2) is 7.63. The summed E-state index contributed by atoms with van der Waals surface area (Å²) in [7, 11) is 0. The molecule has 0 atom stereocenters. The van der Waals surface area contributed by atoms with Crippen molar-refractivity contribution in [1.82, 2.24) is 0 Å². The van der Waals surface area contributed by atoms with Crippen LogP contribution in [-0.2, 0) is 6.18 Å². The van der Waals surface area contributed by atoms with Gasteiger partial charge in [0, 0.05) is 22.3 Å². The molecule has 4 nitrogen and oxygen atoms in total. The van der Waals surface area contributed by atoms with Gasteiger partial charge in [0.1, 0.15) is 0 Å². The second-order valence-corrected chi connectivity index (χ2v) is 6.36. The van der Waals surface area contributed by atoms with Crippen molar-refractivity contribution in [2.75, 3.05) is 10.6 Å². The maximum atomic E-state index is 13.2. The highest BCUT2D eigenvalue weighted by Gasteiger charge is 2.31. The Balaban J connectivity index is 1.89. The van der Waals surface area contributed by atoms with Gasteiger partial charge in [-0.15, -0.1) is 0 Å². The highest BCUT2D eigenvalue weighted by Crippen LogP contribution is 2.33. The van der Waals surface area contributed by atoms with E-state index in [2.05, 4.69) is 10.6 Å². The summed E-state index contributed by atoms with van der Waals surface area (Å²) >= 11 is 1.30. The van der Waals surface area contributed by atoms with Gasteiger partial charge in [-0.25, -0.2) is 0 Å². The minimum Gasteiger partial charge on any atom is -0.322 e. The first-order valence-corrected chi connectivity index (χ1v) is 8.69. The summed E-state index contributed by atoms with van der Waals surface area (Å²) in [4.78, 5) is 24.3. The van der Waals surface area contributed by atoms with Crippen LogP contribution < -0.4 is 10.6 Å². The average molecular weight is 390 g/mol. The number of anilines is 2. The number of carbonyl (C=O) groups is 2. The third-order valence-electron chi connectivity index (χ3n) is 3.60. The van der Waals surface area contributed by atoms with E-state index in [-0.39, 0.29) is 11.4 Å². The number of nitrogens with one attached hydrogen (secondary N) is 2. The van der Waals surface area contributed by atoms with Gasteiger partial charge < -0.3 is 10.6 Å². The molecule has 0 aliphatic heterocycles. The number of hydrogen-bond acceptors (Lipinski definition) is 3. The van der Waals surface area contributed by atoms with Gasteiger partial charge in [-0.05, 0) is 41.8 Å². The summed E-state index contributed by atoms with van der Waals surface area (Å²) in [5, 5.41) is 8.13. The summed E-state index contributed by atoms with van der Waals surface area (Å²) < 4.78 is 39.6. The van der Waals surface area contributed by atoms with Gasteiger partial charge in [0.15, 0.2) is 0 Å². The number of rotatable bonds is 4. The molecular weight excluding hydrogens is 377 g/mol. The van der Waals surface area contributed by atoms with Crippen LogP contribution in [-0.4, -0.2) is 11.8 Å². The van der Waals surface area contributed by atoms with Crippen LogP contribution in [0.1, 0.15) is 26.3 Å². The average Bonchev–Trinajstić information content (AvgIpc) is 3.16. The molecule has 138 valence electrons. The Morgan fingerprint density at radius 3 is 1.93 bits per heavy atom. The molecule has 0 spiro atoms. The van der Waals surface area contributed by atoms with Crippen molar-refractivity contribution in [2.24, 2.45) is 0 Å². The predicted octanol–water partition coefficient (Wildman–Crippen LogP) is 5.27. The molecule has 3 aromatic rings. The third-order valence-corrected chi connectivity index (χ3v) is 4.28. The van der Waals surface area contributed by atoms with Gasteiger partial charge in [0.2, 0.25) is 0 Å². The Bertz CT molecular complexity index is 955. The molecule has 2 amide bonds. The van der Waals surface area contributed by atoms with Crippen LogP contribution in [0, 0.1) is 0 Å². The Hall–Kier alpha value is -3.13. The van der Waals surface area contributed by atoms with Crippen molar-refractivity contribution < 1.29 is 22.8 Å². The van der Waals surface area contributed by atoms with Crippen LogP contribution >= 0.6 is 11.3 Å². The number of thiophene rings is 1. The second-order valence-electron chi connectivity index (χ2n) is 5.58. The smallest absolute Gasteiger partial charge is 0.322 e. The molecule has 8 heteroatoms. The lowest BCUT2D eigenvalue weighted by molar-refractivity contribution is -0.137. The lowest BCUT2D eigenvalue weighted by Crippen LogP contribution is -2.15. The molecule has 27 heavy (non-hydrogen) atoms. The normalized spacial score (nSPS) is 11.1. The van der Waals surface area contributed by atoms with E-state index in [9.17, 15) is 22.8 Å². The summed E-state index contributed by atoms with van der Waals surface area (Å²) in [6, 6.07) is 12.6. The Labute approximate surface area is 156 Å². The minimum absolute atomic E-state index is 0.0654. The van der Waals surface area contributed by atoms with Gasteiger partial charge in [-0.1, -0.05) is 18.2 Å². The Morgan fingerprint density at radius 1 is 0.815 bits per heavy atom. The molecule has 0 radical (unpaired) electrons. The van der Waals surface area contributed by atoms with E-state index < -0.39 is 23.6 Å². The zero-order valence-electron chi connectivity index (χ0n) is 13.7. The topological polar surface area (TPSA) is 58.2 Å². The maximum Gasteiger partial charge on any atom is 0.416 e. The van der Waals surface area contributed by atoms with Crippen molar-refractivity contribution in [3.05, 3.63) is 82.0 Å². The zero-order valence-corrected chi connectivity index (χ0v) is 14.5. The number of alkyl halides is 3. The van der Waals surface area contributed by atoms with Crippen molar-refractivity contribution >= 4 is 34.5 Å². The minimum atomic E-state index is -4.63. The molecule has 0 saturated carbocycles. The van der Waals surface area contributed by atoms with Crippen molar-refractivity contribution in [1.29, 1.82) is 0 Å². The number of carbonyl (C=O) groups excluding carboxylic acids is 2. The first-order valence-electron chi connectivity index (χ1n) is 7.75. The first kappa shape index (κ1) is 18.7. The van der Waals surface area contributed by atoms with Crippen LogP contribution in [0.15, 0.2) is 65.4 Å². The fraction of sp³-hybridized carbons (Fsp3) is 0.0526. The molecule has 0 bridgehead atoms. The van der Waals surface area contributed by atoms with Gasteiger partial charge in [0.05, 0.1) is 11.1 Å². The number of halogens is 3. The van der Waals surface area contributed by atoms with Crippen LogP contribution in [0.25, 0.3) is 0 Å². The van der Waals surface area contributed by atoms with Gasteiger partial charge in [-0.3, -0.25) is 9.59 Å². The lowest BCUT2D eigenvalue weighted by atomic mass is 10.1. The molecule has 2 aromatic carbocycles. The molecule has 0 aliphatic carbocycles. The molecule has 3 rings (SSSR count). The largest absolute Gasteiger partial charge is 0.416 e. The van der Waals surface area contributed by atoms with Crippen LogP contribution in [0.2, 0.25) is 0 Å². The molecule has 0 aliphatic rings. The predicted molar refractivity (Wildman–Crippen MR) is 98.1 cm³/mol. The van der Waals surface area contributed by atoms with Gasteiger partial charge >= 0.3 is 6.18 Å². The Kier molecular flexibility index (Phi) is 5.27. The molecule has 0 saturated heterocycles. The van der Waals surface area contributed by atoms with Crippen LogP contribution in [0.5, 0.6) is 0 Å². The fourth-order valence-electron chi connectivity index (χ4n) is 2.33. The van der Waals surface area contributed by atoms with E-state index in [1.165, 1.54) is 17.4 Å². The lowest BCUT2D eigenvalue weighted by Gasteiger charge is -2.14. The molecule has 1 aromatic heterocycles. The van der Waals surface area contributed by atoms with Crippen molar-refractivity contribution in [3.8, 4) is 0 Å². The summed E-state index contributed by atoms with van der Waals surface area (Å²) in [6.07, 6.45) is -4.63. The van der Waals surface area contributed by atoms with E-state index in [0.717, 1.165) is 12.1 Å². The standard InChI is InChI=1S/C19H13F3N2O2S/c20-19(21,22)14-8-15(23-17(25)12-4-2-1-3-5-12)10-16(9-14)24-18(26)13-6-7-27-11-13/h1-11H,(H,23,25)(H,24,26).